The molecule has 0 radical (unpaired) electrons. The number of carboxylic acids is 1. The number of benzene rings is 2. The highest BCUT2D eigenvalue weighted by atomic mass is 35.5. The normalized spacial score (nSPS) is 15.0. The predicted octanol–water partition coefficient (Wildman–Crippen LogP) is 4.67. The third kappa shape index (κ3) is 4.36. The van der Waals surface area contributed by atoms with Crippen molar-refractivity contribution in [2.45, 2.75) is 27.2 Å². The number of anilines is 1. The second kappa shape index (κ2) is 9.23. The summed E-state index contributed by atoms with van der Waals surface area (Å²) in [6.07, 6.45) is 2.26. The fourth-order valence-corrected chi connectivity index (χ4v) is 4.33. The summed E-state index contributed by atoms with van der Waals surface area (Å²) in [5.74, 6) is -2.63. The fourth-order valence-electron chi connectivity index (χ4n) is 4.08. The number of aromatic carboxylic acids is 1. The Morgan fingerprint density at radius 1 is 1.03 bits per heavy atom. The molecule has 0 aliphatic carbocycles. The molecule has 0 saturated carbocycles. The summed E-state index contributed by atoms with van der Waals surface area (Å²) in [4.78, 5) is 50.5. The Morgan fingerprint density at radius 3 is 2.29 bits per heavy atom. The summed E-state index contributed by atoms with van der Waals surface area (Å²) >= 11 is 6.15. The number of aromatic nitrogens is 1. The number of halogens is 1. The molecule has 35 heavy (non-hydrogen) atoms. The molecule has 0 unspecified atom stereocenters. The number of amides is 4. The average molecular weight is 492 g/mol. The Bertz CT molecular complexity index is 1420. The van der Waals surface area contributed by atoms with E-state index < -0.39 is 23.8 Å². The zero-order valence-corrected chi connectivity index (χ0v) is 20.0. The summed E-state index contributed by atoms with van der Waals surface area (Å²) in [6.45, 7) is 5.64. The van der Waals surface area contributed by atoms with E-state index in [-0.39, 0.29) is 16.2 Å². The summed E-state index contributed by atoms with van der Waals surface area (Å²) < 4.78 is 1.83. The Balaban J connectivity index is 1.74. The van der Waals surface area contributed by atoms with Gasteiger partial charge in [-0.3, -0.25) is 14.9 Å². The summed E-state index contributed by atoms with van der Waals surface area (Å²) in [7, 11) is 0. The summed E-state index contributed by atoms with van der Waals surface area (Å²) in [5, 5.41) is 11.5. The minimum absolute atomic E-state index is 0.0126. The third-order valence-electron chi connectivity index (χ3n) is 5.92. The molecule has 2 heterocycles. The highest BCUT2D eigenvalue weighted by Crippen LogP contribution is 2.28. The van der Waals surface area contributed by atoms with Crippen molar-refractivity contribution in [1.29, 1.82) is 0 Å². The van der Waals surface area contributed by atoms with Crippen molar-refractivity contribution in [2.24, 2.45) is 0 Å². The number of rotatable bonds is 5. The molecular weight excluding hydrogens is 470 g/mol. The number of carbonyl (C=O) groups is 4. The van der Waals surface area contributed by atoms with Gasteiger partial charge >= 0.3 is 12.0 Å². The molecule has 2 N–H and O–H groups in total. The number of carbonyl (C=O) groups excluding carboxylic acids is 3. The number of nitrogens with one attached hydrogen (secondary N) is 1. The van der Waals surface area contributed by atoms with Crippen LogP contribution in [0.2, 0.25) is 5.02 Å². The third-order valence-corrected chi connectivity index (χ3v) is 6.23. The Hall–Kier alpha value is -4.17. The first-order valence-corrected chi connectivity index (χ1v) is 11.2. The lowest BCUT2D eigenvalue weighted by Gasteiger charge is -2.26. The van der Waals surface area contributed by atoms with Gasteiger partial charge in [0.2, 0.25) is 0 Å². The molecule has 178 valence electrons. The zero-order valence-electron chi connectivity index (χ0n) is 19.3. The average Bonchev–Trinajstić information content (AvgIpc) is 3.09. The van der Waals surface area contributed by atoms with Gasteiger partial charge in [0.25, 0.3) is 11.8 Å². The number of nitrogens with zero attached hydrogens (tertiary/aromatic N) is 2. The number of barbiturate groups is 1. The van der Waals surface area contributed by atoms with Gasteiger partial charge in [0.15, 0.2) is 0 Å². The highest BCUT2D eigenvalue weighted by molar-refractivity contribution is 6.39. The van der Waals surface area contributed by atoms with Gasteiger partial charge in [0.05, 0.1) is 16.3 Å². The molecule has 0 bridgehead atoms. The standard InChI is InChI=1S/C26H22ClN3O5/c1-4-16-5-7-18(8-6-16)30-24(32)21(23(31)28-26(30)35)12-17-11-14(2)29(15(17)3)19-9-10-20(25(33)34)22(27)13-19/h5-13H,4H2,1-3H3,(H,33,34)(H,28,31,35)/b21-12+. The van der Waals surface area contributed by atoms with Crippen LogP contribution >= 0.6 is 11.6 Å². The monoisotopic (exact) mass is 491 g/mol. The largest absolute Gasteiger partial charge is 0.478 e. The Labute approximate surface area is 206 Å². The van der Waals surface area contributed by atoms with Crippen LogP contribution in [0.25, 0.3) is 11.8 Å². The lowest BCUT2D eigenvalue weighted by molar-refractivity contribution is -0.122. The van der Waals surface area contributed by atoms with E-state index in [1.54, 1.807) is 37.3 Å². The van der Waals surface area contributed by atoms with Crippen LogP contribution in [-0.4, -0.2) is 33.5 Å². The molecular formula is C26H22ClN3O5. The summed E-state index contributed by atoms with van der Waals surface area (Å²) in [6, 6.07) is 12.6. The van der Waals surface area contributed by atoms with E-state index in [9.17, 15) is 24.3 Å². The van der Waals surface area contributed by atoms with Crippen LogP contribution in [0.4, 0.5) is 10.5 Å². The summed E-state index contributed by atoms with van der Waals surface area (Å²) in [5.41, 5.74) is 3.92. The minimum Gasteiger partial charge on any atom is -0.478 e. The van der Waals surface area contributed by atoms with Crippen molar-refractivity contribution in [1.82, 2.24) is 9.88 Å². The maximum absolute atomic E-state index is 13.2. The molecule has 1 fully saturated rings. The lowest BCUT2D eigenvalue weighted by Crippen LogP contribution is -2.54. The number of aryl methyl sites for hydroxylation is 2. The molecule has 4 amide bonds. The van der Waals surface area contributed by atoms with Crippen LogP contribution in [-0.2, 0) is 16.0 Å². The van der Waals surface area contributed by atoms with E-state index in [0.29, 0.717) is 22.6 Å². The van der Waals surface area contributed by atoms with Crippen LogP contribution in [0.3, 0.4) is 0 Å². The van der Waals surface area contributed by atoms with E-state index in [2.05, 4.69) is 5.32 Å². The van der Waals surface area contributed by atoms with Gasteiger partial charge < -0.3 is 9.67 Å². The van der Waals surface area contributed by atoms with Crippen LogP contribution in [0.5, 0.6) is 0 Å². The molecule has 0 atom stereocenters. The first-order valence-electron chi connectivity index (χ1n) is 10.8. The van der Waals surface area contributed by atoms with Crippen molar-refractivity contribution >= 4 is 47.2 Å². The van der Waals surface area contributed by atoms with E-state index in [1.807, 2.05) is 30.5 Å². The first kappa shape index (κ1) is 24.0. The number of carboxylic acid groups (broad SMARTS) is 1. The van der Waals surface area contributed by atoms with E-state index in [1.165, 1.54) is 12.1 Å². The number of imide groups is 2. The minimum atomic E-state index is -1.13. The Morgan fingerprint density at radius 2 is 1.69 bits per heavy atom. The van der Waals surface area contributed by atoms with Crippen molar-refractivity contribution in [3.63, 3.8) is 0 Å². The first-order chi connectivity index (χ1) is 16.6. The topological polar surface area (TPSA) is 109 Å². The molecule has 1 saturated heterocycles. The van der Waals surface area contributed by atoms with Crippen molar-refractivity contribution < 1.29 is 24.3 Å². The molecule has 2 aromatic carbocycles. The van der Waals surface area contributed by atoms with Crippen molar-refractivity contribution in [2.75, 3.05) is 4.90 Å². The van der Waals surface area contributed by atoms with E-state index >= 15 is 0 Å². The second-order valence-electron chi connectivity index (χ2n) is 8.11. The van der Waals surface area contributed by atoms with Gasteiger partial charge in [-0.1, -0.05) is 30.7 Å². The van der Waals surface area contributed by atoms with Crippen LogP contribution in [0.1, 0.15) is 39.8 Å². The Kier molecular flexibility index (Phi) is 6.32. The molecule has 3 aromatic rings. The van der Waals surface area contributed by atoms with E-state index in [4.69, 9.17) is 11.6 Å². The maximum atomic E-state index is 13.2. The van der Waals surface area contributed by atoms with Crippen molar-refractivity contribution in [3.05, 3.63) is 87.2 Å². The van der Waals surface area contributed by atoms with Gasteiger partial charge in [-0.2, -0.15) is 0 Å². The number of hydrogen-bond donors (Lipinski definition) is 2. The second-order valence-corrected chi connectivity index (χ2v) is 8.52. The molecule has 1 aromatic heterocycles. The molecule has 1 aliphatic heterocycles. The highest BCUT2D eigenvalue weighted by Gasteiger charge is 2.37. The number of hydrogen-bond acceptors (Lipinski definition) is 4. The SMILES string of the molecule is CCc1ccc(N2C(=O)NC(=O)/C(=C\c3cc(C)n(-c4ccc(C(=O)O)c(Cl)c4)c3C)C2=O)cc1. The quantitative estimate of drug-likeness (QED) is 0.398. The van der Waals surface area contributed by atoms with Crippen molar-refractivity contribution in [3.8, 4) is 5.69 Å². The lowest BCUT2D eigenvalue weighted by atomic mass is 10.1. The van der Waals surface area contributed by atoms with Gasteiger partial charge in [-0.15, -0.1) is 0 Å². The molecule has 8 nitrogen and oxygen atoms in total. The van der Waals surface area contributed by atoms with Crippen LogP contribution < -0.4 is 10.2 Å². The van der Waals surface area contributed by atoms with Gasteiger partial charge in [-0.05, 0) is 73.9 Å². The molecule has 9 heteroatoms. The van der Waals surface area contributed by atoms with Crippen LogP contribution in [0, 0.1) is 13.8 Å². The van der Waals surface area contributed by atoms with Gasteiger partial charge in [0.1, 0.15) is 5.57 Å². The van der Waals surface area contributed by atoms with Crippen LogP contribution in [0.15, 0.2) is 54.1 Å². The van der Waals surface area contributed by atoms with E-state index in [0.717, 1.165) is 22.6 Å². The smallest absolute Gasteiger partial charge is 0.337 e. The zero-order chi connectivity index (χ0) is 25.4. The number of urea groups is 1. The fraction of sp³-hybridized carbons (Fsp3) is 0.154. The molecule has 0 spiro atoms. The maximum Gasteiger partial charge on any atom is 0.337 e. The predicted molar refractivity (Wildman–Crippen MR) is 132 cm³/mol. The molecule has 4 rings (SSSR count). The van der Waals surface area contributed by atoms with Gasteiger partial charge in [-0.25, -0.2) is 14.5 Å². The molecule has 1 aliphatic rings. The van der Waals surface area contributed by atoms with Gasteiger partial charge in [0, 0.05) is 17.1 Å².